The Bertz CT molecular complexity index is 627. The highest BCUT2D eigenvalue weighted by atomic mass is 35.5. The number of hydrogen-bond donors (Lipinski definition) is 1. The van der Waals surface area contributed by atoms with Gasteiger partial charge in [0.2, 0.25) is 11.8 Å². The first-order chi connectivity index (χ1) is 10.2. The van der Waals surface area contributed by atoms with E-state index in [0.717, 1.165) is 11.9 Å². The summed E-state index contributed by atoms with van der Waals surface area (Å²) in [6.07, 6.45) is 1.29. The van der Waals surface area contributed by atoms with Crippen LogP contribution in [0.15, 0.2) is 12.1 Å². The van der Waals surface area contributed by atoms with Gasteiger partial charge in [-0.1, -0.05) is 6.92 Å². The summed E-state index contributed by atoms with van der Waals surface area (Å²) < 4.78 is 7.01. The largest absolute Gasteiger partial charge is 0.481 e. The molecule has 0 saturated heterocycles. The van der Waals surface area contributed by atoms with Crippen LogP contribution in [0.25, 0.3) is 11.2 Å². The Balaban J connectivity index is 2.22. The second kappa shape index (κ2) is 7.26. The number of rotatable bonds is 7. The molecule has 21 heavy (non-hydrogen) atoms. The van der Waals surface area contributed by atoms with E-state index in [4.69, 9.17) is 16.3 Å². The molecule has 0 fully saturated rings. The molecule has 6 nitrogen and oxygen atoms in total. The average Bonchev–Trinajstić information content (AvgIpc) is 2.87. The Morgan fingerprint density at radius 2 is 2.24 bits per heavy atom. The Morgan fingerprint density at radius 3 is 2.90 bits per heavy atom. The summed E-state index contributed by atoms with van der Waals surface area (Å²) in [7, 11) is 1.57. The van der Waals surface area contributed by atoms with Crippen molar-refractivity contribution < 1.29 is 9.53 Å². The summed E-state index contributed by atoms with van der Waals surface area (Å²) >= 11 is 5.93. The number of hydrogen-bond acceptors (Lipinski definition) is 4. The lowest BCUT2D eigenvalue weighted by atomic mass is 10.3. The minimum atomic E-state index is 0.0159. The molecule has 1 amide bonds. The van der Waals surface area contributed by atoms with Crippen LogP contribution in [-0.4, -0.2) is 34.1 Å². The van der Waals surface area contributed by atoms with E-state index in [9.17, 15) is 4.79 Å². The number of imidazole rings is 1. The van der Waals surface area contributed by atoms with Crippen LogP contribution in [0.5, 0.6) is 5.88 Å². The third-order valence-electron chi connectivity index (χ3n) is 3.11. The van der Waals surface area contributed by atoms with E-state index in [1.54, 1.807) is 13.2 Å². The Kier molecular flexibility index (Phi) is 5.38. The molecular formula is C14H19ClN4O2. The number of nitrogens with zero attached hydrogens (tertiary/aromatic N) is 3. The van der Waals surface area contributed by atoms with Crippen LogP contribution in [0, 0.1) is 0 Å². The van der Waals surface area contributed by atoms with E-state index in [1.807, 2.05) is 17.6 Å². The molecule has 0 aliphatic carbocycles. The van der Waals surface area contributed by atoms with Gasteiger partial charge >= 0.3 is 0 Å². The van der Waals surface area contributed by atoms with Gasteiger partial charge in [0.15, 0.2) is 5.65 Å². The lowest BCUT2D eigenvalue weighted by Gasteiger charge is -2.08. The summed E-state index contributed by atoms with van der Waals surface area (Å²) in [6, 6.07) is 3.59. The molecule has 0 spiro atoms. The first-order valence-electron chi connectivity index (χ1n) is 6.92. The van der Waals surface area contributed by atoms with Crippen molar-refractivity contribution in [1.82, 2.24) is 19.9 Å². The van der Waals surface area contributed by atoms with Crippen molar-refractivity contribution in [2.75, 3.05) is 13.7 Å². The number of methoxy groups -OCH3 is 1. The number of ether oxygens (including phenoxy) is 1. The number of amides is 1. The van der Waals surface area contributed by atoms with Crippen LogP contribution in [0.4, 0.5) is 0 Å². The molecule has 2 aromatic heterocycles. The van der Waals surface area contributed by atoms with Crippen molar-refractivity contribution in [2.45, 2.75) is 32.2 Å². The molecule has 0 radical (unpaired) electrons. The summed E-state index contributed by atoms with van der Waals surface area (Å²) in [6.45, 7) is 3.21. The Morgan fingerprint density at radius 1 is 1.43 bits per heavy atom. The van der Waals surface area contributed by atoms with Gasteiger partial charge in [0, 0.05) is 25.6 Å². The SMILES string of the molecule is CCCNC(=O)CCn1c(CCl)nc2ccc(OC)nc21. The molecule has 0 aliphatic heterocycles. The number of aryl methyl sites for hydroxylation is 1. The van der Waals surface area contributed by atoms with Gasteiger partial charge in [-0.05, 0) is 12.5 Å². The lowest BCUT2D eigenvalue weighted by molar-refractivity contribution is -0.121. The summed E-state index contributed by atoms with van der Waals surface area (Å²) in [5.41, 5.74) is 1.44. The number of pyridine rings is 1. The molecule has 0 aliphatic rings. The second-order valence-corrected chi connectivity index (χ2v) is 4.88. The van der Waals surface area contributed by atoms with Crippen LogP contribution in [0.2, 0.25) is 0 Å². The van der Waals surface area contributed by atoms with Gasteiger partial charge in [0.25, 0.3) is 0 Å². The fourth-order valence-corrected chi connectivity index (χ4v) is 2.25. The Labute approximate surface area is 128 Å². The maximum atomic E-state index is 11.7. The first kappa shape index (κ1) is 15.6. The molecule has 2 rings (SSSR count). The van der Waals surface area contributed by atoms with Crippen LogP contribution < -0.4 is 10.1 Å². The second-order valence-electron chi connectivity index (χ2n) is 4.61. The third kappa shape index (κ3) is 3.64. The number of halogens is 1. The molecule has 2 aromatic rings. The molecule has 1 N–H and O–H groups in total. The highest BCUT2D eigenvalue weighted by Crippen LogP contribution is 2.19. The van der Waals surface area contributed by atoms with Crippen molar-refractivity contribution in [3.05, 3.63) is 18.0 Å². The highest BCUT2D eigenvalue weighted by molar-refractivity contribution is 6.16. The number of alkyl halides is 1. The lowest BCUT2D eigenvalue weighted by Crippen LogP contribution is -2.25. The van der Waals surface area contributed by atoms with E-state index in [0.29, 0.717) is 36.9 Å². The van der Waals surface area contributed by atoms with Gasteiger partial charge in [-0.25, -0.2) is 4.98 Å². The summed E-state index contributed by atoms with van der Waals surface area (Å²) in [5, 5.41) is 2.85. The topological polar surface area (TPSA) is 69.0 Å². The first-order valence-corrected chi connectivity index (χ1v) is 7.45. The average molecular weight is 311 g/mol. The third-order valence-corrected chi connectivity index (χ3v) is 3.35. The normalized spacial score (nSPS) is 10.8. The molecule has 0 saturated carbocycles. The smallest absolute Gasteiger partial charge is 0.221 e. The van der Waals surface area contributed by atoms with Crippen molar-refractivity contribution in [2.24, 2.45) is 0 Å². The maximum absolute atomic E-state index is 11.7. The fourth-order valence-electron chi connectivity index (χ4n) is 2.05. The highest BCUT2D eigenvalue weighted by Gasteiger charge is 2.13. The molecule has 0 atom stereocenters. The fraction of sp³-hybridized carbons (Fsp3) is 0.500. The number of fused-ring (bicyclic) bond motifs is 1. The molecule has 0 aromatic carbocycles. The quantitative estimate of drug-likeness (QED) is 0.795. The monoisotopic (exact) mass is 310 g/mol. The zero-order valence-corrected chi connectivity index (χ0v) is 13.0. The van der Waals surface area contributed by atoms with Crippen molar-refractivity contribution in [3.63, 3.8) is 0 Å². The van der Waals surface area contributed by atoms with E-state index in [-0.39, 0.29) is 11.8 Å². The molecule has 0 unspecified atom stereocenters. The number of carbonyl (C=O) groups is 1. The van der Waals surface area contributed by atoms with Crippen molar-refractivity contribution >= 4 is 28.7 Å². The molecule has 0 bridgehead atoms. The predicted octanol–water partition coefficient (Wildman–Crippen LogP) is 2.09. The maximum Gasteiger partial charge on any atom is 0.221 e. The van der Waals surface area contributed by atoms with Gasteiger partial charge in [-0.2, -0.15) is 4.98 Å². The van der Waals surface area contributed by atoms with Crippen molar-refractivity contribution in [3.8, 4) is 5.88 Å². The zero-order valence-electron chi connectivity index (χ0n) is 12.2. The number of nitrogens with one attached hydrogen (secondary N) is 1. The van der Waals surface area contributed by atoms with E-state index in [1.165, 1.54) is 0 Å². The summed E-state index contributed by atoms with van der Waals surface area (Å²) in [5.74, 6) is 1.51. The molecule has 2 heterocycles. The molecular weight excluding hydrogens is 292 g/mol. The molecule has 7 heteroatoms. The van der Waals surface area contributed by atoms with Gasteiger partial charge in [0.1, 0.15) is 11.3 Å². The zero-order chi connectivity index (χ0) is 15.2. The minimum absolute atomic E-state index is 0.0159. The van der Waals surface area contributed by atoms with Gasteiger partial charge in [-0.15, -0.1) is 11.6 Å². The van der Waals surface area contributed by atoms with Crippen LogP contribution in [0.1, 0.15) is 25.6 Å². The number of aromatic nitrogens is 3. The molecule has 114 valence electrons. The van der Waals surface area contributed by atoms with Crippen LogP contribution in [0.3, 0.4) is 0 Å². The van der Waals surface area contributed by atoms with E-state index < -0.39 is 0 Å². The summed E-state index contributed by atoms with van der Waals surface area (Å²) in [4.78, 5) is 20.6. The Hall–Kier alpha value is -1.82. The van der Waals surface area contributed by atoms with Crippen LogP contribution >= 0.6 is 11.6 Å². The van der Waals surface area contributed by atoms with Gasteiger partial charge in [0.05, 0.1) is 13.0 Å². The van der Waals surface area contributed by atoms with Crippen molar-refractivity contribution in [1.29, 1.82) is 0 Å². The predicted molar refractivity (Wildman–Crippen MR) is 81.6 cm³/mol. The minimum Gasteiger partial charge on any atom is -0.481 e. The standard InChI is InChI=1S/C14H19ClN4O2/c1-3-7-16-12(20)6-8-19-11(9-15)17-10-4-5-13(21-2)18-14(10)19/h4-5H,3,6-9H2,1-2H3,(H,16,20). The van der Waals surface area contributed by atoms with Crippen LogP contribution in [-0.2, 0) is 17.2 Å². The van der Waals surface area contributed by atoms with Gasteiger partial charge in [-0.3, -0.25) is 4.79 Å². The van der Waals surface area contributed by atoms with E-state index in [2.05, 4.69) is 15.3 Å². The van der Waals surface area contributed by atoms with E-state index >= 15 is 0 Å². The number of carbonyl (C=O) groups excluding carboxylic acids is 1. The van der Waals surface area contributed by atoms with Gasteiger partial charge < -0.3 is 14.6 Å².